The normalized spacial score (nSPS) is 20.1. The van der Waals surface area contributed by atoms with Gasteiger partial charge in [-0.3, -0.25) is 4.79 Å². The van der Waals surface area contributed by atoms with Crippen LogP contribution in [0.25, 0.3) is 0 Å². The highest BCUT2D eigenvalue weighted by Gasteiger charge is 2.23. The van der Waals surface area contributed by atoms with Crippen LogP contribution in [0.1, 0.15) is 45.3 Å². The summed E-state index contributed by atoms with van der Waals surface area (Å²) >= 11 is 0. The number of hydrogen-bond donors (Lipinski definition) is 2. The van der Waals surface area contributed by atoms with Crippen LogP contribution in [0, 0.1) is 0 Å². The Bertz CT molecular complexity index is 416. The van der Waals surface area contributed by atoms with Crippen LogP contribution in [0.2, 0.25) is 0 Å². The highest BCUT2D eigenvalue weighted by atomic mass is 16.5. The van der Waals surface area contributed by atoms with Gasteiger partial charge in [0, 0.05) is 5.41 Å². The van der Waals surface area contributed by atoms with E-state index < -0.39 is 0 Å². The van der Waals surface area contributed by atoms with E-state index in [0.717, 1.165) is 19.4 Å². The van der Waals surface area contributed by atoms with Crippen molar-refractivity contribution in [3.8, 4) is 0 Å². The number of nitrogens with one attached hydrogen (secondary N) is 2. The monoisotopic (exact) mass is 252 g/mol. The molecule has 0 aromatic carbocycles. The summed E-state index contributed by atoms with van der Waals surface area (Å²) in [6, 6.07) is -0.0741. The minimum Gasteiger partial charge on any atom is -0.346 e. The average Bonchev–Trinajstić information content (AvgIpc) is 2.96. The highest BCUT2D eigenvalue weighted by molar-refractivity contribution is 5.81. The van der Waals surface area contributed by atoms with Gasteiger partial charge in [-0.25, -0.2) is 0 Å². The van der Waals surface area contributed by atoms with Crippen LogP contribution in [0.3, 0.4) is 0 Å². The standard InChI is InChI=1S/C12H20N4O2/c1-12(2,3)11-15-9(18-16-11)7-14-10(17)8-5-4-6-13-8/h8,13H,4-7H2,1-3H3,(H,14,17). The molecule has 1 fully saturated rings. The Morgan fingerprint density at radius 2 is 2.33 bits per heavy atom. The minimum absolute atomic E-state index is 0.00279. The van der Waals surface area contributed by atoms with Crippen molar-refractivity contribution in [3.63, 3.8) is 0 Å². The van der Waals surface area contributed by atoms with Gasteiger partial charge < -0.3 is 15.2 Å². The number of aromatic nitrogens is 2. The van der Waals surface area contributed by atoms with Gasteiger partial charge in [-0.2, -0.15) is 4.98 Å². The zero-order valence-corrected chi connectivity index (χ0v) is 11.1. The topological polar surface area (TPSA) is 80.0 Å². The van der Waals surface area contributed by atoms with Crippen molar-refractivity contribution in [2.75, 3.05) is 6.54 Å². The lowest BCUT2D eigenvalue weighted by molar-refractivity contribution is -0.123. The molecule has 0 aliphatic carbocycles. The molecule has 0 bridgehead atoms. The molecule has 2 N–H and O–H groups in total. The van der Waals surface area contributed by atoms with Crippen LogP contribution < -0.4 is 10.6 Å². The van der Waals surface area contributed by atoms with Crippen molar-refractivity contribution >= 4 is 5.91 Å². The predicted octanol–water partition coefficient (Wildman–Crippen LogP) is 0.735. The van der Waals surface area contributed by atoms with E-state index in [1.165, 1.54) is 0 Å². The summed E-state index contributed by atoms with van der Waals surface area (Å²) in [6.45, 7) is 7.25. The number of amides is 1. The SMILES string of the molecule is CC(C)(C)c1noc(CNC(=O)C2CCCN2)n1. The summed E-state index contributed by atoms with van der Waals surface area (Å²) in [4.78, 5) is 16.0. The zero-order chi connectivity index (χ0) is 13.2. The molecule has 2 heterocycles. The van der Waals surface area contributed by atoms with Crippen LogP contribution >= 0.6 is 0 Å². The zero-order valence-electron chi connectivity index (χ0n) is 11.1. The Balaban J connectivity index is 1.86. The molecule has 0 saturated carbocycles. The van der Waals surface area contributed by atoms with Crippen LogP contribution in [-0.4, -0.2) is 28.6 Å². The van der Waals surface area contributed by atoms with Crippen LogP contribution in [0.5, 0.6) is 0 Å². The maximum absolute atomic E-state index is 11.8. The predicted molar refractivity (Wildman–Crippen MR) is 65.9 cm³/mol. The van der Waals surface area contributed by atoms with E-state index in [1.807, 2.05) is 20.8 Å². The first kappa shape index (κ1) is 13.0. The summed E-state index contributed by atoms with van der Waals surface area (Å²) < 4.78 is 5.11. The fourth-order valence-corrected chi connectivity index (χ4v) is 1.83. The Morgan fingerprint density at radius 1 is 1.56 bits per heavy atom. The van der Waals surface area contributed by atoms with E-state index in [4.69, 9.17) is 4.52 Å². The van der Waals surface area contributed by atoms with Crippen molar-refractivity contribution in [1.29, 1.82) is 0 Å². The van der Waals surface area contributed by atoms with E-state index in [9.17, 15) is 4.79 Å². The summed E-state index contributed by atoms with van der Waals surface area (Å²) in [5.74, 6) is 1.11. The van der Waals surface area contributed by atoms with E-state index in [-0.39, 0.29) is 17.4 Å². The van der Waals surface area contributed by atoms with Gasteiger partial charge in [-0.05, 0) is 19.4 Å². The third-order valence-corrected chi connectivity index (χ3v) is 2.93. The molecular weight excluding hydrogens is 232 g/mol. The van der Waals surface area contributed by atoms with Gasteiger partial charge in [-0.15, -0.1) is 0 Å². The lowest BCUT2D eigenvalue weighted by atomic mass is 9.96. The van der Waals surface area contributed by atoms with E-state index in [0.29, 0.717) is 18.3 Å². The maximum Gasteiger partial charge on any atom is 0.246 e. The van der Waals surface area contributed by atoms with Gasteiger partial charge in [0.2, 0.25) is 11.8 Å². The van der Waals surface area contributed by atoms with Crippen molar-refractivity contribution in [3.05, 3.63) is 11.7 Å². The molecule has 1 saturated heterocycles. The van der Waals surface area contributed by atoms with Crippen LogP contribution in [0.4, 0.5) is 0 Å². The molecule has 1 aliphatic rings. The van der Waals surface area contributed by atoms with Gasteiger partial charge in [0.25, 0.3) is 0 Å². The molecule has 1 aliphatic heterocycles. The molecule has 0 spiro atoms. The Labute approximate surface area is 107 Å². The molecule has 100 valence electrons. The quantitative estimate of drug-likeness (QED) is 0.829. The second-order valence-electron chi connectivity index (χ2n) is 5.63. The molecule has 18 heavy (non-hydrogen) atoms. The van der Waals surface area contributed by atoms with Crippen molar-refractivity contribution in [1.82, 2.24) is 20.8 Å². The lowest BCUT2D eigenvalue weighted by Crippen LogP contribution is -2.40. The molecule has 2 rings (SSSR count). The van der Waals surface area contributed by atoms with E-state index >= 15 is 0 Å². The first-order valence-electron chi connectivity index (χ1n) is 6.31. The largest absolute Gasteiger partial charge is 0.346 e. The van der Waals surface area contributed by atoms with Crippen LogP contribution in [0.15, 0.2) is 4.52 Å². The summed E-state index contributed by atoms with van der Waals surface area (Å²) in [5.41, 5.74) is -0.140. The van der Waals surface area contributed by atoms with E-state index in [2.05, 4.69) is 20.8 Å². The molecule has 1 aromatic heterocycles. The van der Waals surface area contributed by atoms with E-state index in [1.54, 1.807) is 0 Å². The molecule has 1 unspecified atom stereocenters. The Hall–Kier alpha value is -1.43. The fraction of sp³-hybridized carbons (Fsp3) is 0.750. The number of carbonyl (C=O) groups excluding carboxylic acids is 1. The second kappa shape index (κ2) is 5.06. The van der Waals surface area contributed by atoms with Gasteiger partial charge in [0.15, 0.2) is 5.82 Å². The molecule has 6 nitrogen and oxygen atoms in total. The molecular formula is C12H20N4O2. The van der Waals surface area contributed by atoms with Crippen LogP contribution in [-0.2, 0) is 16.8 Å². The number of nitrogens with zero attached hydrogens (tertiary/aromatic N) is 2. The van der Waals surface area contributed by atoms with Crippen molar-refractivity contribution < 1.29 is 9.32 Å². The highest BCUT2D eigenvalue weighted by Crippen LogP contribution is 2.18. The summed E-state index contributed by atoms with van der Waals surface area (Å²) in [5, 5.41) is 9.86. The molecule has 0 radical (unpaired) electrons. The number of hydrogen-bond acceptors (Lipinski definition) is 5. The van der Waals surface area contributed by atoms with Gasteiger partial charge in [-0.1, -0.05) is 25.9 Å². The maximum atomic E-state index is 11.8. The minimum atomic E-state index is -0.140. The fourth-order valence-electron chi connectivity index (χ4n) is 1.83. The van der Waals surface area contributed by atoms with Crippen molar-refractivity contribution in [2.45, 2.75) is 51.6 Å². The average molecular weight is 252 g/mol. The number of carbonyl (C=O) groups is 1. The third-order valence-electron chi connectivity index (χ3n) is 2.93. The Kier molecular flexibility index (Phi) is 3.65. The molecule has 1 atom stereocenters. The lowest BCUT2D eigenvalue weighted by Gasteiger charge is -2.11. The first-order valence-corrected chi connectivity index (χ1v) is 6.31. The summed E-state index contributed by atoms with van der Waals surface area (Å²) in [6.07, 6.45) is 1.94. The van der Waals surface area contributed by atoms with Gasteiger partial charge in [0.1, 0.15) is 0 Å². The summed E-state index contributed by atoms with van der Waals surface area (Å²) in [7, 11) is 0. The molecule has 1 amide bonds. The third kappa shape index (κ3) is 3.07. The second-order valence-corrected chi connectivity index (χ2v) is 5.63. The smallest absolute Gasteiger partial charge is 0.246 e. The van der Waals surface area contributed by atoms with Crippen molar-refractivity contribution in [2.24, 2.45) is 0 Å². The molecule has 6 heteroatoms. The Morgan fingerprint density at radius 3 is 2.89 bits per heavy atom. The van der Waals surface area contributed by atoms with Gasteiger partial charge in [0.05, 0.1) is 12.6 Å². The first-order chi connectivity index (χ1) is 8.47. The molecule has 1 aromatic rings. The number of rotatable bonds is 3. The van der Waals surface area contributed by atoms with Gasteiger partial charge >= 0.3 is 0 Å².